The van der Waals surface area contributed by atoms with Gasteiger partial charge in [-0.05, 0) is 30.2 Å². The molecule has 1 fully saturated rings. The number of benzene rings is 1. The molecule has 3 heterocycles. The van der Waals surface area contributed by atoms with Gasteiger partial charge in [-0.3, -0.25) is 9.59 Å². The number of nitrogens with zero attached hydrogens (tertiary/aromatic N) is 4. The van der Waals surface area contributed by atoms with Gasteiger partial charge in [0.05, 0.1) is 36.5 Å². The van der Waals surface area contributed by atoms with Crippen LogP contribution in [0.1, 0.15) is 36.2 Å². The Bertz CT molecular complexity index is 1340. The number of ether oxygens (including phenoxy) is 1. The highest BCUT2D eigenvalue weighted by Crippen LogP contribution is 2.39. The molecule has 2 amide bonds. The Balaban J connectivity index is 1.66. The number of carbonyl (C=O) groups excluding carboxylic acids is 2. The number of nitrogen functional groups attached to an aromatic ring is 1. The van der Waals surface area contributed by atoms with Crippen LogP contribution in [0.25, 0.3) is 16.8 Å². The molecule has 0 unspecified atom stereocenters. The summed E-state index contributed by atoms with van der Waals surface area (Å²) in [5.41, 5.74) is 4.48. The van der Waals surface area contributed by atoms with E-state index in [1.54, 1.807) is 0 Å². The van der Waals surface area contributed by atoms with Crippen molar-refractivity contribution in [2.24, 2.45) is 5.92 Å². The van der Waals surface area contributed by atoms with Crippen molar-refractivity contribution in [2.75, 3.05) is 25.9 Å². The van der Waals surface area contributed by atoms with Gasteiger partial charge in [-0.25, -0.2) is 13.9 Å². The quantitative estimate of drug-likeness (QED) is 0.480. The summed E-state index contributed by atoms with van der Waals surface area (Å²) in [7, 11) is 1.33. The van der Waals surface area contributed by atoms with Gasteiger partial charge in [0.15, 0.2) is 5.82 Å². The number of aromatic nitrogens is 3. The number of fused-ring (bicyclic) bond motifs is 1. The lowest BCUT2D eigenvalue weighted by Gasteiger charge is -2.18. The van der Waals surface area contributed by atoms with Crippen LogP contribution in [0, 0.1) is 5.92 Å². The number of anilines is 1. The van der Waals surface area contributed by atoms with E-state index in [1.165, 1.54) is 30.2 Å². The van der Waals surface area contributed by atoms with Crippen LogP contribution in [0.5, 0.6) is 5.75 Å². The molecule has 1 aliphatic heterocycles. The SMILES string of the molecule is COc1ccc(-c2cc(C(F)(F)F)c3c(N)ncnn23)cc1C(=O)N[C@@H]1CN(C(=O)CC(C)C)C[C@@H]1F. The van der Waals surface area contributed by atoms with Crippen LogP contribution in [0.3, 0.4) is 0 Å². The maximum absolute atomic E-state index is 14.7. The van der Waals surface area contributed by atoms with Crippen LogP contribution in [0.4, 0.5) is 23.4 Å². The molecule has 0 radical (unpaired) electrons. The smallest absolute Gasteiger partial charge is 0.418 e. The number of carbonyl (C=O) groups is 2. The molecule has 2 aromatic heterocycles. The van der Waals surface area contributed by atoms with Gasteiger partial charge < -0.3 is 20.7 Å². The third-order valence-electron chi connectivity index (χ3n) is 6.13. The molecule has 1 aromatic carbocycles. The maximum Gasteiger partial charge on any atom is 0.418 e. The lowest BCUT2D eigenvalue weighted by molar-refractivity contribution is -0.136. The molecular weight excluding hydrogens is 496 g/mol. The Morgan fingerprint density at radius 2 is 1.97 bits per heavy atom. The standard InChI is InChI=1S/C24H26F4N6O3/c1-12(2)6-20(35)33-9-16(25)17(10-33)32-23(36)14-7-13(4-5-19(14)37-3)18-8-15(24(26,27)28)21-22(29)30-11-31-34(18)21/h4-5,7-8,11-12,16-17H,6,9-10H2,1-3H3,(H,32,36)(H2,29,30,31)/t16-,17+/m0/s1. The molecule has 0 bridgehead atoms. The normalized spacial score (nSPS) is 18.0. The van der Waals surface area contributed by atoms with Gasteiger partial charge in [0.1, 0.15) is 23.8 Å². The molecule has 3 N–H and O–H groups in total. The summed E-state index contributed by atoms with van der Waals surface area (Å²) in [6.45, 7) is 3.64. The fraction of sp³-hybridized carbons (Fsp3) is 0.417. The average Bonchev–Trinajstić information content (AvgIpc) is 3.40. The van der Waals surface area contributed by atoms with E-state index in [4.69, 9.17) is 10.5 Å². The summed E-state index contributed by atoms with van der Waals surface area (Å²) in [5, 5.41) is 6.51. The molecule has 9 nitrogen and oxygen atoms in total. The first kappa shape index (κ1) is 26.2. The summed E-state index contributed by atoms with van der Waals surface area (Å²) in [6, 6.07) is 4.14. The zero-order chi connectivity index (χ0) is 27.1. The number of amides is 2. The number of likely N-dealkylation sites (tertiary alicyclic amines) is 1. The van der Waals surface area contributed by atoms with E-state index in [0.717, 1.165) is 16.9 Å². The van der Waals surface area contributed by atoms with E-state index in [2.05, 4.69) is 15.4 Å². The summed E-state index contributed by atoms with van der Waals surface area (Å²) in [5.74, 6) is -1.01. The monoisotopic (exact) mass is 522 g/mol. The number of alkyl halides is 4. The molecule has 198 valence electrons. The van der Waals surface area contributed by atoms with Crippen molar-refractivity contribution in [3.05, 3.63) is 41.7 Å². The summed E-state index contributed by atoms with van der Waals surface area (Å²) >= 11 is 0. The van der Waals surface area contributed by atoms with Crippen molar-refractivity contribution in [2.45, 2.75) is 38.7 Å². The molecule has 13 heteroatoms. The van der Waals surface area contributed by atoms with Gasteiger partial charge >= 0.3 is 6.18 Å². The van der Waals surface area contributed by atoms with E-state index in [9.17, 15) is 27.2 Å². The van der Waals surface area contributed by atoms with E-state index < -0.39 is 35.4 Å². The summed E-state index contributed by atoms with van der Waals surface area (Å²) < 4.78 is 62.1. The Hall–Kier alpha value is -3.90. The highest BCUT2D eigenvalue weighted by atomic mass is 19.4. The zero-order valence-electron chi connectivity index (χ0n) is 20.3. The van der Waals surface area contributed by atoms with Crippen molar-refractivity contribution in [1.29, 1.82) is 0 Å². The highest BCUT2D eigenvalue weighted by molar-refractivity contribution is 5.98. The van der Waals surface area contributed by atoms with Gasteiger partial charge in [0.25, 0.3) is 5.91 Å². The minimum absolute atomic E-state index is 0.00887. The van der Waals surface area contributed by atoms with Crippen LogP contribution >= 0.6 is 0 Å². The van der Waals surface area contributed by atoms with Crippen LogP contribution in [0.15, 0.2) is 30.6 Å². The largest absolute Gasteiger partial charge is 0.496 e. The fourth-order valence-corrected chi connectivity index (χ4v) is 4.36. The number of nitrogens with one attached hydrogen (secondary N) is 1. The Labute approximate surface area is 209 Å². The number of nitrogens with two attached hydrogens (primary N) is 1. The number of methoxy groups -OCH3 is 1. The van der Waals surface area contributed by atoms with Crippen molar-refractivity contribution >= 4 is 23.1 Å². The van der Waals surface area contributed by atoms with Crippen LogP contribution in [0.2, 0.25) is 0 Å². The molecule has 3 aromatic rings. The zero-order valence-corrected chi connectivity index (χ0v) is 20.3. The fourth-order valence-electron chi connectivity index (χ4n) is 4.36. The van der Waals surface area contributed by atoms with Crippen molar-refractivity contribution in [3.63, 3.8) is 0 Å². The summed E-state index contributed by atoms with van der Waals surface area (Å²) in [4.78, 5) is 30.5. The van der Waals surface area contributed by atoms with Crippen molar-refractivity contribution in [1.82, 2.24) is 24.8 Å². The second kappa shape index (κ2) is 9.87. The van der Waals surface area contributed by atoms with E-state index in [0.29, 0.717) is 0 Å². The van der Waals surface area contributed by atoms with E-state index in [-0.39, 0.29) is 59.7 Å². The lowest BCUT2D eigenvalue weighted by Crippen LogP contribution is -2.42. The topological polar surface area (TPSA) is 115 Å². The third-order valence-corrected chi connectivity index (χ3v) is 6.13. The van der Waals surface area contributed by atoms with Crippen LogP contribution < -0.4 is 15.8 Å². The Morgan fingerprint density at radius 3 is 2.62 bits per heavy atom. The second-order valence-electron chi connectivity index (χ2n) is 9.25. The first-order valence-corrected chi connectivity index (χ1v) is 11.5. The predicted molar refractivity (Wildman–Crippen MR) is 127 cm³/mol. The average molecular weight is 523 g/mol. The molecule has 2 atom stereocenters. The van der Waals surface area contributed by atoms with Gasteiger partial charge in [-0.2, -0.15) is 18.3 Å². The Morgan fingerprint density at radius 1 is 1.24 bits per heavy atom. The minimum Gasteiger partial charge on any atom is -0.496 e. The first-order chi connectivity index (χ1) is 17.4. The van der Waals surface area contributed by atoms with Gasteiger partial charge in [-0.15, -0.1) is 0 Å². The molecular formula is C24H26F4N6O3. The van der Waals surface area contributed by atoms with Gasteiger partial charge in [0, 0.05) is 18.5 Å². The second-order valence-corrected chi connectivity index (χ2v) is 9.25. The maximum atomic E-state index is 14.7. The molecule has 37 heavy (non-hydrogen) atoms. The molecule has 0 spiro atoms. The van der Waals surface area contributed by atoms with Crippen LogP contribution in [-0.2, 0) is 11.0 Å². The molecule has 4 rings (SSSR count). The van der Waals surface area contributed by atoms with Crippen LogP contribution in [-0.4, -0.2) is 63.7 Å². The van der Waals surface area contributed by atoms with Crippen molar-refractivity contribution in [3.8, 4) is 17.0 Å². The van der Waals surface area contributed by atoms with E-state index in [1.807, 2.05) is 13.8 Å². The van der Waals surface area contributed by atoms with Gasteiger partial charge in [-0.1, -0.05) is 13.8 Å². The Kier molecular flexibility index (Phi) is 6.98. The summed E-state index contributed by atoms with van der Waals surface area (Å²) in [6.07, 6.45) is -4.91. The molecule has 0 saturated carbocycles. The molecule has 0 aliphatic carbocycles. The van der Waals surface area contributed by atoms with E-state index >= 15 is 0 Å². The van der Waals surface area contributed by atoms with Gasteiger partial charge in [0.2, 0.25) is 5.91 Å². The molecule has 1 saturated heterocycles. The van der Waals surface area contributed by atoms with Crippen molar-refractivity contribution < 1.29 is 31.9 Å². The molecule has 1 aliphatic rings. The number of hydrogen-bond acceptors (Lipinski definition) is 6. The third kappa shape index (κ3) is 5.16. The highest BCUT2D eigenvalue weighted by Gasteiger charge is 2.38. The predicted octanol–water partition coefficient (Wildman–Crippen LogP) is 3.33. The first-order valence-electron chi connectivity index (χ1n) is 11.5. The lowest BCUT2D eigenvalue weighted by atomic mass is 10.1. The number of rotatable bonds is 6. The minimum atomic E-state index is -4.73. The number of hydrogen-bond donors (Lipinski definition) is 2. The number of halogens is 4.